The van der Waals surface area contributed by atoms with Gasteiger partial charge in [-0.25, -0.2) is 9.97 Å². The summed E-state index contributed by atoms with van der Waals surface area (Å²) in [6.07, 6.45) is 8.81. The lowest BCUT2D eigenvalue weighted by molar-refractivity contribution is -0.0681. The number of nitrogens with one attached hydrogen (secondary N) is 2. The van der Waals surface area contributed by atoms with Crippen LogP contribution in [0.1, 0.15) is 46.6 Å². The van der Waals surface area contributed by atoms with E-state index in [-0.39, 0.29) is 30.4 Å². The molecule has 242 valence electrons. The maximum Gasteiger partial charge on any atom is 0.275 e. The second-order valence-electron chi connectivity index (χ2n) is 11.3. The Hall–Kier alpha value is -4.13. The molecule has 4 aromatic rings. The number of hydrogen-bond acceptors (Lipinski definition) is 10. The highest BCUT2D eigenvalue weighted by molar-refractivity contribution is 7.98. The summed E-state index contributed by atoms with van der Waals surface area (Å²) in [7, 11) is 0. The van der Waals surface area contributed by atoms with Crippen LogP contribution >= 0.6 is 24.2 Å². The van der Waals surface area contributed by atoms with Crippen molar-refractivity contribution in [1.29, 1.82) is 0 Å². The molecule has 2 aliphatic heterocycles. The predicted octanol–water partition coefficient (Wildman–Crippen LogP) is 4.70. The zero-order chi connectivity index (χ0) is 31.7. The number of halogens is 1. The number of carbonyl (C=O) groups excluding carboxylic acids is 1. The lowest BCUT2D eigenvalue weighted by Crippen LogP contribution is -2.46. The van der Waals surface area contributed by atoms with E-state index in [1.54, 1.807) is 30.9 Å². The SMILES string of the molecule is CCN1CCN(c2ncc(-c3cc(C(=O)NCc4c(SC)cc(C)[nH]c4=O)c(C)c4c3OC(C)(c3ccncc3)O4)cn2)CC1.Cl. The molecule has 1 unspecified atom stereocenters. The van der Waals surface area contributed by atoms with Crippen molar-refractivity contribution < 1.29 is 14.3 Å². The number of hydrogen-bond donors (Lipinski definition) is 2. The van der Waals surface area contributed by atoms with Crippen LogP contribution in [0.3, 0.4) is 0 Å². The van der Waals surface area contributed by atoms with Crippen LogP contribution in [0.2, 0.25) is 0 Å². The number of likely N-dealkylation sites (N-methyl/N-ethyl adjacent to an activating group) is 1. The van der Waals surface area contributed by atoms with Crippen molar-refractivity contribution in [3.63, 3.8) is 0 Å². The van der Waals surface area contributed by atoms with Gasteiger partial charge in [-0.05, 0) is 50.9 Å². The van der Waals surface area contributed by atoms with Gasteiger partial charge in [0.05, 0.1) is 0 Å². The fraction of sp³-hybridized carbons (Fsp3) is 0.364. The Labute approximate surface area is 278 Å². The van der Waals surface area contributed by atoms with E-state index >= 15 is 0 Å². The zero-order valence-electron chi connectivity index (χ0n) is 26.5. The van der Waals surface area contributed by atoms with Gasteiger partial charge in [0, 0.05) is 108 Å². The largest absolute Gasteiger partial charge is 0.444 e. The van der Waals surface area contributed by atoms with Crippen LogP contribution in [0.25, 0.3) is 11.1 Å². The number of thioether (sulfide) groups is 1. The molecule has 0 saturated carbocycles. The molecule has 1 aromatic carbocycles. The van der Waals surface area contributed by atoms with E-state index in [9.17, 15) is 9.59 Å². The average molecular weight is 664 g/mol. The van der Waals surface area contributed by atoms with Crippen LogP contribution in [-0.2, 0) is 12.3 Å². The van der Waals surface area contributed by atoms with Gasteiger partial charge < -0.3 is 29.6 Å². The Balaban J connectivity index is 0.00000417. The van der Waals surface area contributed by atoms with Crippen LogP contribution < -0.4 is 25.2 Å². The van der Waals surface area contributed by atoms with Gasteiger partial charge in [0.2, 0.25) is 5.95 Å². The number of carbonyl (C=O) groups is 1. The summed E-state index contributed by atoms with van der Waals surface area (Å²) in [5.41, 5.74) is 4.20. The van der Waals surface area contributed by atoms with Crippen molar-refractivity contribution >= 4 is 36.0 Å². The number of aromatic amines is 1. The lowest BCUT2D eigenvalue weighted by atomic mass is 9.98. The molecule has 6 rings (SSSR count). The molecule has 1 saturated heterocycles. The number of H-pyrrole nitrogens is 1. The molecule has 3 aromatic heterocycles. The summed E-state index contributed by atoms with van der Waals surface area (Å²) < 4.78 is 13.0. The number of aryl methyl sites for hydroxylation is 1. The second kappa shape index (κ2) is 13.7. The Morgan fingerprint density at radius 3 is 2.39 bits per heavy atom. The number of fused-ring (bicyclic) bond motifs is 1. The number of nitrogens with zero attached hydrogens (tertiary/aromatic N) is 5. The number of pyridine rings is 2. The first-order valence-corrected chi connectivity index (χ1v) is 16.2. The molecule has 13 heteroatoms. The Bertz CT molecular complexity index is 1780. The topological polar surface area (TPSA) is 126 Å². The maximum absolute atomic E-state index is 13.8. The molecular weight excluding hydrogens is 626 g/mol. The number of piperazine rings is 1. The summed E-state index contributed by atoms with van der Waals surface area (Å²) >= 11 is 1.47. The van der Waals surface area contributed by atoms with Crippen molar-refractivity contribution in [2.45, 2.75) is 44.9 Å². The van der Waals surface area contributed by atoms with E-state index in [0.29, 0.717) is 45.3 Å². The van der Waals surface area contributed by atoms with Gasteiger partial charge in [0.25, 0.3) is 17.3 Å². The van der Waals surface area contributed by atoms with Crippen LogP contribution in [0, 0.1) is 13.8 Å². The minimum Gasteiger partial charge on any atom is -0.444 e. The van der Waals surface area contributed by atoms with Crippen LogP contribution in [0.15, 0.2) is 58.7 Å². The predicted molar refractivity (Wildman–Crippen MR) is 181 cm³/mol. The molecule has 0 spiro atoms. The highest BCUT2D eigenvalue weighted by Gasteiger charge is 2.42. The molecule has 0 aliphatic carbocycles. The average Bonchev–Trinajstić information content (AvgIpc) is 3.44. The first-order chi connectivity index (χ1) is 21.7. The number of amides is 1. The minimum absolute atomic E-state index is 0. The fourth-order valence-corrected chi connectivity index (χ4v) is 6.48. The zero-order valence-corrected chi connectivity index (χ0v) is 28.2. The molecule has 0 radical (unpaired) electrons. The molecule has 46 heavy (non-hydrogen) atoms. The smallest absolute Gasteiger partial charge is 0.275 e. The van der Waals surface area contributed by atoms with E-state index in [4.69, 9.17) is 19.4 Å². The van der Waals surface area contributed by atoms with Crippen molar-refractivity contribution in [3.8, 4) is 22.6 Å². The molecule has 1 fully saturated rings. The van der Waals surface area contributed by atoms with Crippen molar-refractivity contribution in [2.24, 2.45) is 0 Å². The molecule has 0 bridgehead atoms. The number of rotatable bonds is 8. The molecular formula is C33H38ClN7O4S. The van der Waals surface area contributed by atoms with Crippen LogP contribution in [0.5, 0.6) is 11.5 Å². The quantitative estimate of drug-likeness (QED) is 0.256. The number of benzene rings is 1. The van der Waals surface area contributed by atoms with E-state index in [1.807, 2.05) is 45.2 Å². The minimum atomic E-state index is -1.14. The van der Waals surface area contributed by atoms with Crippen molar-refractivity contribution in [3.05, 3.63) is 87.4 Å². The summed E-state index contributed by atoms with van der Waals surface area (Å²) in [5, 5.41) is 2.96. The summed E-state index contributed by atoms with van der Waals surface area (Å²) in [5.74, 6) is 0.173. The normalized spacial score (nSPS) is 17.5. The Kier molecular flexibility index (Phi) is 9.90. The molecule has 2 aliphatic rings. The van der Waals surface area contributed by atoms with Crippen LogP contribution in [0.4, 0.5) is 5.95 Å². The number of ether oxygens (including phenoxy) is 2. The third-order valence-electron chi connectivity index (χ3n) is 8.45. The fourth-order valence-electron chi connectivity index (χ4n) is 5.78. The maximum atomic E-state index is 13.8. The molecule has 5 heterocycles. The van der Waals surface area contributed by atoms with Gasteiger partial charge in [0.15, 0.2) is 11.5 Å². The molecule has 11 nitrogen and oxygen atoms in total. The number of aromatic nitrogens is 4. The van der Waals surface area contributed by atoms with Crippen molar-refractivity contribution in [2.75, 3.05) is 43.9 Å². The molecule has 2 N–H and O–H groups in total. The van der Waals surface area contributed by atoms with E-state index in [2.05, 4.69) is 32.0 Å². The van der Waals surface area contributed by atoms with Gasteiger partial charge >= 0.3 is 0 Å². The Morgan fingerprint density at radius 2 is 1.74 bits per heavy atom. The third-order valence-corrected chi connectivity index (χ3v) is 9.26. The van der Waals surface area contributed by atoms with Gasteiger partial charge in [-0.3, -0.25) is 14.6 Å². The first-order valence-electron chi connectivity index (χ1n) is 15.0. The molecule has 1 atom stereocenters. The van der Waals surface area contributed by atoms with E-state index < -0.39 is 5.79 Å². The highest BCUT2D eigenvalue weighted by Crippen LogP contribution is 2.51. The second-order valence-corrected chi connectivity index (χ2v) is 12.2. The summed E-state index contributed by atoms with van der Waals surface area (Å²) in [4.78, 5) is 48.3. The Morgan fingerprint density at radius 1 is 1.07 bits per heavy atom. The van der Waals surface area contributed by atoms with Gasteiger partial charge in [-0.2, -0.15) is 0 Å². The standard InChI is InChI=1S/C33H37N7O4S.ClH/c1-6-39-11-13-40(14-12-39)32-36-17-22(18-37-32)25-16-24(30(41)35-19-26-27(45-5)15-20(2)38-31(26)42)21(3)28-29(25)44-33(4,43-28)23-7-9-34-10-8-23;/h7-10,15-18H,6,11-14,19H2,1-5H3,(H,35,41)(H,38,42);1H. The van der Waals surface area contributed by atoms with Crippen molar-refractivity contribution in [1.82, 2.24) is 30.2 Å². The highest BCUT2D eigenvalue weighted by atomic mass is 35.5. The van der Waals surface area contributed by atoms with Gasteiger partial charge in [0.1, 0.15) is 0 Å². The van der Waals surface area contributed by atoms with E-state index in [1.165, 1.54) is 11.8 Å². The molecule has 1 amide bonds. The monoisotopic (exact) mass is 663 g/mol. The lowest BCUT2D eigenvalue weighted by Gasteiger charge is -2.33. The number of anilines is 1. The van der Waals surface area contributed by atoms with Crippen LogP contribution in [-0.4, -0.2) is 69.7 Å². The third kappa shape index (κ3) is 6.42. The summed E-state index contributed by atoms with van der Waals surface area (Å²) in [6.45, 7) is 12.5. The van der Waals surface area contributed by atoms with Gasteiger partial charge in [-0.15, -0.1) is 24.2 Å². The van der Waals surface area contributed by atoms with Gasteiger partial charge in [-0.1, -0.05) is 6.92 Å². The first kappa shape index (κ1) is 33.2. The summed E-state index contributed by atoms with van der Waals surface area (Å²) in [6, 6.07) is 7.38. The van der Waals surface area contributed by atoms with E-state index in [0.717, 1.165) is 48.9 Å².